The van der Waals surface area contributed by atoms with Gasteiger partial charge in [-0.15, -0.1) is 0 Å². The van der Waals surface area contributed by atoms with Crippen LogP contribution in [0.5, 0.6) is 0 Å². The van der Waals surface area contributed by atoms with Gasteiger partial charge in [0.05, 0.1) is 19.5 Å². The van der Waals surface area contributed by atoms with E-state index in [2.05, 4.69) is 96.8 Å². The second-order valence-electron chi connectivity index (χ2n) is 15.0. The van der Waals surface area contributed by atoms with Crippen LogP contribution in [0.3, 0.4) is 0 Å². The molecule has 48 heavy (non-hydrogen) atoms. The zero-order valence-electron chi connectivity index (χ0n) is 31.9. The molecule has 0 aliphatic rings. The number of unbranched alkanes of at least 4 members (excludes halogenated alkanes) is 21. The topological polar surface area (TPSA) is 8.81 Å². The Morgan fingerprint density at radius 2 is 0.958 bits per heavy atom. The summed E-state index contributed by atoms with van der Waals surface area (Å²) in [5.74, 6) is 2.03. The number of aromatic nitrogens is 2. The monoisotopic (exact) mass is 656 g/mol. The molecule has 2 aromatic carbocycles. The Morgan fingerprint density at radius 3 is 1.46 bits per heavy atom. The molecule has 0 spiro atoms. The Labute approximate surface area is 298 Å². The smallest absolute Gasteiger partial charge is 0.234 e. The van der Waals surface area contributed by atoms with Crippen molar-refractivity contribution in [3.05, 3.63) is 89.5 Å². The Morgan fingerprint density at radius 1 is 0.521 bits per heavy atom. The normalized spacial score (nSPS) is 12.1. The van der Waals surface area contributed by atoms with Crippen molar-refractivity contribution < 1.29 is 4.57 Å². The summed E-state index contributed by atoms with van der Waals surface area (Å²) >= 11 is 0. The zero-order valence-corrected chi connectivity index (χ0v) is 31.9. The molecule has 1 unspecified atom stereocenters. The molecule has 1 heterocycles. The number of nitrogens with zero attached hydrogens (tertiary/aromatic N) is 2. The third-order valence-corrected chi connectivity index (χ3v) is 10.6. The number of hydrogen-bond acceptors (Lipinski definition) is 0. The predicted octanol–water partition coefficient (Wildman–Crippen LogP) is 13.7. The van der Waals surface area contributed by atoms with E-state index >= 15 is 0 Å². The van der Waals surface area contributed by atoms with Gasteiger partial charge in [0.25, 0.3) is 5.82 Å². The fourth-order valence-corrected chi connectivity index (χ4v) is 7.52. The highest BCUT2D eigenvalue weighted by molar-refractivity contribution is 5.22. The SMILES string of the molecule is CCCCCCCCCCCCCCCCn1c(CC(C)c2ccccc2)c[n+](CCCCCCCCCCC)c1Cc1ccccc1. The van der Waals surface area contributed by atoms with E-state index in [-0.39, 0.29) is 0 Å². The summed E-state index contributed by atoms with van der Waals surface area (Å²) in [6.07, 6.45) is 36.9. The maximum atomic E-state index is 2.75. The van der Waals surface area contributed by atoms with Crippen molar-refractivity contribution >= 4 is 0 Å². The molecule has 1 atom stereocenters. The summed E-state index contributed by atoms with van der Waals surface area (Å²) in [5, 5.41) is 0. The van der Waals surface area contributed by atoms with Crippen LogP contribution in [-0.4, -0.2) is 4.57 Å². The number of aryl methyl sites for hydroxylation is 1. The van der Waals surface area contributed by atoms with Gasteiger partial charge in [0.2, 0.25) is 0 Å². The average Bonchev–Trinajstić information content (AvgIpc) is 3.42. The Hall–Kier alpha value is -2.35. The summed E-state index contributed by atoms with van der Waals surface area (Å²) in [6, 6.07) is 22.4. The van der Waals surface area contributed by atoms with Crippen LogP contribution in [0.2, 0.25) is 0 Å². The van der Waals surface area contributed by atoms with Gasteiger partial charge in [0.1, 0.15) is 11.9 Å². The molecule has 0 fully saturated rings. The Bertz CT molecular complexity index is 1150. The highest BCUT2D eigenvalue weighted by Crippen LogP contribution is 2.23. The van der Waals surface area contributed by atoms with Crippen LogP contribution in [0.15, 0.2) is 66.9 Å². The molecule has 268 valence electrons. The molecular formula is C46H75N2+. The average molecular weight is 656 g/mol. The third kappa shape index (κ3) is 16.8. The molecule has 0 saturated carbocycles. The largest absolute Gasteiger partial charge is 0.261 e. The van der Waals surface area contributed by atoms with Gasteiger partial charge < -0.3 is 0 Å². The lowest BCUT2D eigenvalue weighted by Gasteiger charge is -2.12. The van der Waals surface area contributed by atoms with E-state index in [0.717, 1.165) is 25.9 Å². The van der Waals surface area contributed by atoms with E-state index in [4.69, 9.17) is 0 Å². The number of hydrogen-bond donors (Lipinski definition) is 0. The van der Waals surface area contributed by atoms with Crippen molar-refractivity contribution in [3.63, 3.8) is 0 Å². The number of rotatable bonds is 30. The van der Waals surface area contributed by atoms with Crippen molar-refractivity contribution in [2.24, 2.45) is 0 Å². The molecule has 0 saturated heterocycles. The Balaban J connectivity index is 1.57. The maximum Gasteiger partial charge on any atom is 0.261 e. The molecule has 0 bridgehead atoms. The first-order valence-corrected chi connectivity index (χ1v) is 20.9. The quantitative estimate of drug-likeness (QED) is 0.0499. The van der Waals surface area contributed by atoms with Crippen molar-refractivity contribution in [2.75, 3.05) is 0 Å². The van der Waals surface area contributed by atoms with E-state index < -0.39 is 0 Å². The van der Waals surface area contributed by atoms with Gasteiger partial charge in [-0.25, -0.2) is 9.13 Å². The molecule has 0 aliphatic carbocycles. The van der Waals surface area contributed by atoms with Crippen molar-refractivity contribution in [1.82, 2.24) is 4.57 Å². The molecule has 0 aliphatic heterocycles. The lowest BCUT2D eigenvalue weighted by molar-refractivity contribution is -0.704. The van der Waals surface area contributed by atoms with Crippen molar-refractivity contribution in [2.45, 2.75) is 200 Å². The summed E-state index contributed by atoms with van der Waals surface area (Å²) in [4.78, 5) is 0. The summed E-state index contributed by atoms with van der Waals surface area (Å²) < 4.78 is 5.41. The highest BCUT2D eigenvalue weighted by atomic mass is 15.2. The van der Waals surface area contributed by atoms with E-state index in [1.807, 2.05) is 0 Å². The molecule has 0 radical (unpaired) electrons. The Kier molecular flexibility index (Phi) is 22.1. The minimum absolute atomic E-state index is 0.516. The van der Waals surface area contributed by atoms with Gasteiger partial charge in [-0.05, 0) is 42.7 Å². The van der Waals surface area contributed by atoms with Gasteiger partial charge in [0, 0.05) is 6.42 Å². The molecule has 0 amide bonds. The first-order valence-electron chi connectivity index (χ1n) is 20.9. The fraction of sp³-hybridized carbons (Fsp3) is 0.674. The summed E-state index contributed by atoms with van der Waals surface area (Å²) in [6.45, 7) is 9.34. The molecule has 3 rings (SSSR count). The van der Waals surface area contributed by atoms with Gasteiger partial charge >= 0.3 is 0 Å². The minimum Gasteiger partial charge on any atom is -0.234 e. The maximum absolute atomic E-state index is 2.75. The fourth-order valence-electron chi connectivity index (χ4n) is 7.52. The predicted molar refractivity (Wildman–Crippen MR) is 210 cm³/mol. The van der Waals surface area contributed by atoms with Gasteiger partial charge in [0.15, 0.2) is 0 Å². The van der Waals surface area contributed by atoms with Crippen LogP contribution in [0, 0.1) is 0 Å². The minimum atomic E-state index is 0.516. The first kappa shape index (κ1) is 40.1. The molecular weight excluding hydrogens is 581 g/mol. The second-order valence-corrected chi connectivity index (χ2v) is 15.0. The summed E-state index contributed by atoms with van der Waals surface area (Å²) in [5.41, 5.74) is 4.42. The highest BCUT2D eigenvalue weighted by Gasteiger charge is 2.25. The molecule has 1 aromatic heterocycles. The van der Waals surface area contributed by atoms with Crippen LogP contribution in [0.25, 0.3) is 0 Å². The van der Waals surface area contributed by atoms with E-state index in [0.29, 0.717) is 5.92 Å². The van der Waals surface area contributed by atoms with E-state index in [1.165, 1.54) is 170 Å². The van der Waals surface area contributed by atoms with Crippen molar-refractivity contribution in [3.8, 4) is 0 Å². The molecule has 2 heteroatoms. The van der Waals surface area contributed by atoms with Crippen LogP contribution in [0.1, 0.15) is 197 Å². The van der Waals surface area contributed by atoms with Crippen LogP contribution in [0.4, 0.5) is 0 Å². The molecule has 0 N–H and O–H groups in total. The van der Waals surface area contributed by atoms with Crippen LogP contribution < -0.4 is 4.57 Å². The zero-order chi connectivity index (χ0) is 33.9. The summed E-state index contributed by atoms with van der Waals surface area (Å²) in [7, 11) is 0. The van der Waals surface area contributed by atoms with Crippen LogP contribution in [-0.2, 0) is 25.9 Å². The van der Waals surface area contributed by atoms with Crippen LogP contribution >= 0.6 is 0 Å². The molecule has 3 aromatic rings. The van der Waals surface area contributed by atoms with Gasteiger partial charge in [-0.3, -0.25) is 0 Å². The first-order chi connectivity index (χ1) is 23.7. The van der Waals surface area contributed by atoms with Crippen molar-refractivity contribution in [1.29, 1.82) is 0 Å². The van der Waals surface area contributed by atoms with E-state index in [9.17, 15) is 0 Å². The third-order valence-electron chi connectivity index (χ3n) is 10.6. The lowest BCUT2D eigenvalue weighted by atomic mass is 9.96. The lowest BCUT2D eigenvalue weighted by Crippen LogP contribution is -2.37. The van der Waals surface area contributed by atoms with Gasteiger partial charge in [-0.2, -0.15) is 0 Å². The second kappa shape index (κ2) is 26.5. The number of benzene rings is 2. The molecule has 2 nitrogen and oxygen atoms in total. The van der Waals surface area contributed by atoms with E-state index in [1.54, 1.807) is 0 Å². The van der Waals surface area contributed by atoms with Gasteiger partial charge in [-0.1, -0.05) is 203 Å². The standard InChI is InChI=1S/C46H75N2/c1-4-6-8-10-12-14-15-16-17-18-20-22-24-32-38-48-45(39-42(3)44-35-29-26-30-36-44)41-47(46(48)40-43-33-27-25-28-34-43)37-31-23-21-19-13-11-9-7-5-2/h25-30,33-36,41-42H,4-24,31-32,37-40H2,1-3H3/q+1. The number of imidazole rings is 1.